The minimum Gasteiger partial charge on any atom is -0.339 e. The molecule has 0 radical (unpaired) electrons. The quantitative estimate of drug-likeness (QED) is 0.940. The molecule has 5 nitrogen and oxygen atoms in total. The highest BCUT2D eigenvalue weighted by molar-refractivity contribution is 6.29. The fourth-order valence-electron chi connectivity index (χ4n) is 2.35. The van der Waals surface area contributed by atoms with E-state index in [0.717, 1.165) is 4.52 Å². The van der Waals surface area contributed by atoms with Crippen LogP contribution in [0.15, 0.2) is 12.3 Å². The molecule has 1 fully saturated rings. The summed E-state index contributed by atoms with van der Waals surface area (Å²) in [5.74, 6) is -1.42. The van der Waals surface area contributed by atoms with Gasteiger partial charge in [-0.15, -0.1) is 0 Å². The molecule has 0 aromatic carbocycles. The number of nitrogens with one attached hydrogen (secondary N) is 1. The average molecular weight is 333 g/mol. The zero-order chi connectivity index (χ0) is 16.1. The Labute approximate surface area is 128 Å². The zero-order valence-corrected chi connectivity index (χ0v) is 12.2. The minimum absolute atomic E-state index is 0.0736. The van der Waals surface area contributed by atoms with Gasteiger partial charge in [0.1, 0.15) is 11.2 Å². The molecule has 1 N–H and O–H groups in total. The molecule has 2 heterocycles. The highest BCUT2D eigenvalue weighted by Crippen LogP contribution is 2.40. The minimum atomic E-state index is -4.47. The second kappa shape index (κ2) is 5.12. The Morgan fingerprint density at radius 2 is 2.18 bits per heavy atom. The summed E-state index contributed by atoms with van der Waals surface area (Å²) >= 11 is 5.82. The Kier molecular flexibility index (Phi) is 3.51. The van der Waals surface area contributed by atoms with E-state index < -0.39 is 24.0 Å². The van der Waals surface area contributed by atoms with Crippen molar-refractivity contribution in [1.82, 2.24) is 19.9 Å². The van der Waals surface area contributed by atoms with E-state index in [1.54, 1.807) is 13.0 Å². The van der Waals surface area contributed by atoms with Crippen molar-refractivity contribution in [1.29, 1.82) is 0 Å². The molecular formula is C13H12ClF3N4O. The Hall–Kier alpha value is -1.83. The molecule has 1 aliphatic carbocycles. The smallest absolute Gasteiger partial charge is 0.339 e. The third-order valence-corrected chi connectivity index (χ3v) is 3.77. The summed E-state index contributed by atoms with van der Waals surface area (Å²) in [5, 5.41) is 6.10. The van der Waals surface area contributed by atoms with Gasteiger partial charge in [0.05, 0.1) is 6.20 Å². The summed E-state index contributed by atoms with van der Waals surface area (Å²) in [6.07, 6.45) is -2.36. The van der Waals surface area contributed by atoms with E-state index >= 15 is 0 Å². The van der Waals surface area contributed by atoms with Crippen LogP contribution < -0.4 is 5.32 Å². The molecule has 1 amide bonds. The van der Waals surface area contributed by atoms with E-state index in [9.17, 15) is 18.0 Å². The van der Waals surface area contributed by atoms with Gasteiger partial charge >= 0.3 is 6.18 Å². The molecule has 2 aromatic rings. The molecule has 1 aliphatic rings. The maximum Gasteiger partial charge on any atom is 0.408 e. The maximum atomic E-state index is 13.0. The third kappa shape index (κ3) is 2.75. The van der Waals surface area contributed by atoms with Crippen molar-refractivity contribution in [2.45, 2.75) is 32.0 Å². The van der Waals surface area contributed by atoms with Crippen LogP contribution in [0.3, 0.4) is 0 Å². The maximum absolute atomic E-state index is 13.0. The van der Waals surface area contributed by atoms with Gasteiger partial charge in [-0.05, 0) is 37.3 Å². The predicted octanol–water partition coefficient (Wildman–Crippen LogP) is 2.76. The van der Waals surface area contributed by atoms with Gasteiger partial charge in [0.25, 0.3) is 5.91 Å². The predicted molar refractivity (Wildman–Crippen MR) is 72.8 cm³/mol. The molecule has 22 heavy (non-hydrogen) atoms. The number of imidazole rings is 1. The third-order valence-electron chi connectivity index (χ3n) is 3.59. The molecule has 9 heteroatoms. The van der Waals surface area contributed by atoms with Crippen LogP contribution >= 0.6 is 11.6 Å². The first-order valence-electron chi connectivity index (χ1n) is 6.66. The topological polar surface area (TPSA) is 59.3 Å². The number of fused-ring (bicyclic) bond motifs is 1. The molecule has 1 atom stereocenters. The lowest BCUT2D eigenvalue weighted by Gasteiger charge is -2.20. The first-order chi connectivity index (χ1) is 10.3. The fourth-order valence-corrected chi connectivity index (χ4v) is 2.59. The summed E-state index contributed by atoms with van der Waals surface area (Å²) in [6, 6.07) is -0.278. The van der Waals surface area contributed by atoms with Crippen molar-refractivity contribution in [2.24, 2.45) is 5.92 Å². The number of nitrogens with zero attached hydrogens (tertiary/aromatic N) is 3. The average Bonchev–Trinajstić information content (AvgIpc) is 3.13. The van der Waals surface area contributed by atoms with Crippen molar-refractivity contribution in [3.8, 4) is 0 Å². The van der Waals surface area contributed by atoms with Crippen molar-refractivity contribution in [3.63, 3.8) is 0 Å². The normalized spacial score (nSPS) is 16.8. The molecule has 0 unspecified atom stereocenters. The Morgan fingerprint density at radius 1 is 1.50 bits per heavy atom. The van der Waals surface area contributed by atoms with Gasteiger partial charge < -0.3 is 5.32 Å². The molecule has 0 aliphatic heterocycles. The number of rotatable bonds is 3. The van der Waals surface area contributed by atoms with E-state index in [1.807, 2.05) is 5.32 Å². The van der Waals surface area contributed by atoms with Crippen LogP contribution in [-0.4, -0.2) is 32.7 Å². The van der Waals surface area contributed by atoms with Gasteiger partial charge in [0, 0.05) is 0 Å². The second-order valence-electron chi connectivity index (χ2n) is 5.36. The van der Waals surface area contributed by atoms with Crippen molar-refractivity contribution >= 4 is 23.2 Å². The highest BCUT2D eigenvalue weighted by Gasteiger charge is 2.49. The SMILES string of the molecule is Cc1cc(Cl)nn2c(C(=O)N[C@@H](C3CC3)C(F)(F)F)cnc12. The van der Waals surface area contributed by atoms with Crippen LogP contribution in [0, 0.1) is 12.8 Å². The highest BCUT2D eigenvalue weighted by atomic mass is 35.5. The van der Waals surface area contributed by atoms with E-state index in [-0.39, 0.29) is 10.8 Å². The zero-order valence-electron chi connectivity index (χ0n) is 11.5. The van der Waals surface area contributed by atoms with Crippen LogP contribution in [0.25, 0.3) is 5.65 Å². The van der Waals surface area contributed by atoms with Gasteiger partial charge in [0.2, 0.25) is 0 Å². The number of aromatic nitrogens is 3. The molecule has 1 saturated carbocycles. The van der Waals surface area contributed by atoms with Crippen molar-refractivity contribution < 1.29 is 18.0 Å². The lowest BCUT2D eigenvalue weighted by molar-refractivity contribution is -0.158. The number of amides is 1. The van der Waals surface area contributed by atoms with Gasteiger partial charge in [-0.25, -0.2) is 9.50 Å². The molecule has 0 saturated heterocycles. The number of hydrogen-bond donors (Lipinski definition) is 1. The van der Waals surface area contributed by atoms with Crippen LogP contribution in [0.2, 0.25) is 5.15 Å². The van der Waals surface area contributed by atoms with E-state index in [0.29, 0.717) is 24.1 Å². The number of alkyl halides is 3. The van der Waals surface area contributed by atoms with Crippen LogP contribution in [0.4, 0.5) is 13.2 Å². The van der Waals surface area contributed by atoms with Crippen molar-refractivity contribution in [2.75, 3.05) is 0 Å². The summed E-state index contributed by atoms with van der Waals surface area (Å²) in [4.78, 5) is 16.2. The number of carbonyl (C=O) groups excluding carboxylic acids is 1. The van der Waals surface area contributed by atoms with Crippen molar-refractivity contribution in [3.05, 3.63) is 28.7 Å². The Balaban J connectivity index is 1.92. The first-order valence-corrected chi connectivity index (χ1v) is 7.03. The van der Waals surface area contributed by atoms with E-state index in [2.05, 4.69) is 10.1 Å². The molecule has 118 valence electrons. The van der Waals surface area contributed by atoms with Gasteiger partial charge in [-0.2, -0.15) is 18.3 Å². The molecular weight excluding hydrogens is 321 g/mol. The molecule has 0 spiro atoms. The number of carbonyl (C=O) groups is 1. The van der Waals surface area contributed by atoms with E-state index in [1.165, 1.54) is 6.20 Å². The molecule has 0 bridgehead atoms. The Morgan fingerprint density at radius 3 is 2.77 bits per heavy atom. The van der Waals surface area contributed by atoms with Crippen LogP contribution in [-0.2, 0) is 0 Å². The van der Waals surface area contributed by atoms with Gasteiger partial charge in [0.15, 0.2) is 11.3 Å². The summed E-state index contributed by atoms with van der Waals surface area (Å²) in [5.41, 5.74) is 0.980. The van der Waals surface area contributed by atoms with Gasteiger partial charge in [-0.3, -0.25) is 4.79 Å². The number of hydrogen-bond acceptors (Lipinski definition) is 3. The largest absolute Gasteiger partial charge is 0.408 e. The summed E-state index contributed by atoms with van der Waals surface area (Å²) in [7, 11) is 0. The number of aryl methyl sites for hydroxylation is 1. The lowest BCUT2D eigenvalue weighted by Crippen LogP contribution is -2.47. The first kappa shape index (κ1) is 15.1. The van der Waals surface area contributed by atoms with E-state index in [4.69, 9.17) is 11.6 Å². The summed E-state index contributed by atoms with van der Waals surface area (Å²) in [6.45, 7) is 1.72. The number of halogens is 4. The molecule has 2 aromatic heterocycles. The van der Waals surface area contributed by atoms with Crippen LogP contribution in [0.5, 0.6) is 0 Å². The Bertz CT molecular complexity index is 739. The second-order valence-corrected chi connectivity index (χ2v) is 5.75. The standard InChI is InChI=1S/C13H12ClF3N4O/c1-6-4-9(14)20-21-8(5-18-11(6)21)12(22)19-10(7-2-3-7)13(15,16)17/h4-5,7,10H,2-3H2,1H3,(H,19,22)/t10-/m0/s1. The fraction of sp³-hybridized carbons (Fsp3) is 0.462. The van der Waals surface area contributed by atoms with Crippen LogP contribution in [0.1, 0.15) is 28.9 Å². The molecule has 3 rings (SSSR count). The monoisotopic (exact) mass is 332 g/mol. The summed E-state index contributed by atoms with van der Waals surface area (Å²) < 4.78 is 40.1. The van der Waals surface area contributed by atoms with Gasteiger partial charge in [-0.1, -0.05) is 11.6 Å². The lowest BCUT2D eigenvalue weighted by atomic mass is 10.1.